The van der Waals surface area contributed by atoms with Crippen LogP contribution in [-0.2, 0) is 30.3 Å². The van der Waals surface area contributed by atoms with E-state index in [1.54, 1.807) is 0 Å². The third kappa shape index (κ3) is 14.3. The molecule has 232 valence electrons. The molecule has 6 nitrogen and oxygen atoms in total. The normalized spacial score (nSPS) is 10.7. The van der Waals surface area contributed by atoms with Gasteiger partial charge in [-0.1, -0.05) is 97.1 Å². The number of aliphatic hydroxyl groups is 3. The molecule has 0 spiro atoms. The Labute approximate surface area is 262 Å². The molecule has 4 aromatic carbocycles. The van der Waals surface area contributed by atoms with E-state index in [0.717, 1.165) is 24.2 Å². The standard InChI is InChI=1S/C18H23NO2.C16H18ClN.C2H6O2/c1-19(2)13-15-3-7-17(8-4-15)18-9-5-16(6-10-18)14-21-12-11-20;1-18(2)12-14-5-9-16(10-6-14)15-7-3-13(11-17)4-8-15;3-1-2-4/h3-10,20H,11-14H2,1-2H3;3-10H,11-12H2,1-2H3;3-4H,1-2H2. The van der Waals surface area contributed by atoms with Gasteiger partial charge in [0.05, 0.1) is 33.0 Å². The van der Waals surface area contributed by atoms with Gasteiger partial charge in [-0.2, -0.15) is 0 Å². The summed E-state index contributed by atoms with van der Waals surface area (Å²) >= 11 is 5.79. The summed E-state index contributed by atoms with van der Waals surface area (Å²) in [4.78, 5) is 4.33. The zero-order valence-corrected chi connectivity index (χ0v) is 26.7. The van der Waals surface area contributed by atoms with Crippen LogP contribution in [0.2, 0.25) is 0 Å². The van der Waals surface area contributed by atoms with Gasteiger partial charge < -0.3 is 29.9 Å². The van der Waals surface area contributed by atoms with Crippen molar-refractivity contribution in [3.8, 4) is 22.3 Å². The highest BCUT2D eigenvalue weighted by Gasteiger charge is 2.01. The van der Waals surface area contributed by atoms with Crippen molar-refractivity contribution in [1.29, 1.82) is 0 Å². The van der Waals surface area contributed by atoms with Crippen molar-refractivity contribution >= 4 is 11.6 Å². The van der Waals surface area contributed by atoms with Crippen molar-refractivity contribution in [3.63, 3.8) is 0 Å². The molecular weight excluding hydrogens is 560 g/mol. The summed E-state index contributed by atoms with van der Waals surface area (Å²) in [6.45, 7) is 2.68. The molecule has 0 heterocycles. The molecule has 0 aliphatic carbocycles. The maximum Gasteiger partial charge on any atom is 0.0718 e. The van der Waals surface area contributed by atoms with Crippen molar-refractivity contribution in [2.45, 2.75) is 25.6 Å². The van der Waals surface area contributed by atoms with Gasteiger partial charge in [0.1, 0.15) is 0 Å². The van der Waals surface area contributed by atoms with Crippen molar-refractivity contribution in [2.24, 2.45) is 0 Å². The largest absolute Gasteiger partial charge is 0.394 e. The molecule has 3 N–H and O–H groups in total. The molecular formula is C36H47ClN2O4. The molecule has 0 bridgehead atoms. The van der Waals surface area contributed by atoms with Crippen LogP contribution in [0.3, 0.4) is 0 Å². The van der Waals surface area contributed by atoms with Crippen molar-refractivity contribution in [3.05, 3.63) is 119 Å². The quantitative estimate of drug-likeness (QED) is 0.135. The average molecular weight is 607 g/mol. The van der Waals surface area contributed by atoms with Crippen LogP contribution in [0.25, 0.3) is 22.3 Å². The predicted molar refractivity (Wildman–Crippen MR) is 179 cm³/mol. The van der Waals surface area contributed by atoms with Gasteiger partial charge in [-0.25, -0.2) is 0 Å². The fourth-order valence-corrected chi connectivity index (χ4v) is 4.35. The maximum atomic E-state index is 8.69. The number of benzene rings is 4. The molecule has 0 aromatic heterocycles. The summed E-state index contributed by atoms with van der Waals surface area (Å²) in [5.41, 5.74) is 9.84. The van der Waals surface area contributed by atoms with Gasteiger partial charge in [0.15, 0.2) is 0 Å². The first-order chi connectivity index (χ1) is 20.8. The highest BCUT2D eigenvalue weighted by atomic mass is 35.5. The minimum atomic E-state index is -0.125. The number of rotatable bonds is 12. The van der Waals surface area contributed by atoms with E-state index in [9.17, 15) is 0 Å². The van der Waals surface area contributed by atoms with E-state index in [0.29, 0.717) is 19.1 Å². The van der Waals surface area contributed by atoms with Crippen LogP contribution in [-0.4, -0.2) is 79.7 Å². The van der Waals surface area contributed by atoms with E-state index in [-0.39, 0.29) is 19.8 Å². The summed E-state index contributed by atoms with van der Waals surface area (Å²) in [6.07, 6.45) is 0. The third-order valence-corrected chi connectivity index (χ3v) is 6.55. The van der Waals surface area contributed by atoms with Crippen LogP contribution in [0.1, 0.15) is 22.3 Å². The lowest BCUT2D eigenvalue weighted by molar-refractivity contribution is 0.0815. The molecule has 0 radical (unpaired) electrons. The molecule has 4 aromatic rings. The van der Waals surface area contributed by atoms with Gasteiger partial charge >= 0.3 is 0 Å². The Bertz CT molecular complexity index is 1260. The van der Waals surface area contributed by atoms with Crippen LogP contribution in [0.15, 0.2) is 97.1 Å². The summed E-state index contributed by atoms with van der Waals surface area (Å²) in [7, 11) is 8.31. The lowest BCUT2D eigenvalue weighted by Gasteiger charge is -2.10. The lowest BCUT2D eigenvalue weighted by Crippen LogP contribution is -2.10. The Kier molecular flexibility index (Phi) is 17.4. The molecule has 43 heavy (non-hydrogen) atoms. The first-order valence-electron chi connectivity index (χ1n) is 14.4. The first-order valence-corrected chi connectivity index (χ1v) is 14.9. The molecule has 7 heteroatoms. The second-order valence-electron chi connectivity index (χ2n) is 10.6. The van der Waals surface area contributed by atoms with Crippen molar-refractivity contribution in [2.75, 3.05) is 54.6 Å². The fourth-order valence-electron chi connectivity index (χ4n) is 4.17. The molecule has 0 atom stereocenters. The van der Waals surface area contributed by atoms with Gasteiger partial charge in [0, 0.05) is 19.0 Å². The van der Waals surface area contributed by atoms with Gasteiger partial charge in [-0.3, -0.25) is 0 Å². The number of aliphatic hydroxyl groups excluding tert-OH is 3. The lowest BCUT2D eigenvalue weighted by atomic mass is 10.0. The van der Waals surface area contributed by atoms with E-state index in [4.69, 9.17) is 31.7 Å². The van der Waals surface area contributed by atoms with Gasteiger partial charge in [-0.05, 0) is 72.7 Å². The van der Waals surface area contributed by atoms with Crippen LogP contribution < -0.4 is 0 Å². The second-order valence-corrected chi connectivity index (χ2v) is 10.9. The molecule has 0 saturated heterocycles. The number of halogens is 1. The minimum Gasteiger partial charge on any atom is -0.394 e. The molecule has 0 amide bonds. The number of hydrogen-bond acceptors (Lipinski definition) is 6. The van der Waals surface area contributed by atoms with Gasteiger partial charge in [0.2, 0.25) is 0 Å². The molecule has 0 aliphatic heterocycles. The first kappa shape index (κ1) is 36.1. The highest BCUT2D eigenvalue weighted by molar-refractivity contribution is 6.17. The molecule has 4 rings (SSSR count). The number of alkyl halides is 1. The Morgan fingerprint density at radius 1 is 0.488 bits per heavy atom. The van der Waals surface area contributed by atoms with Crippen molar-refractivity contribution in [1.82, 2.24) is 9.80 Å². The molecule has 0 fully saturated rings. The molecule has 0 unspecified atom stereocenters. The topological polar surface area (TPSA) is 76.4 Å². The summed E-state index contributed by atoms with van der Waals surface area (Å²) in [5, 5.41) is 23.9. The average Bonchev–Trinajstić information content (AvgIpc) is 3.02. The third-order valence-electron chi connectivity index (χ3n) is 6.24. The predicted octanol–water partition coefficient (Wildman–Crippen LogP) is 6.05. The summed E-state index contributed by atoms with van der Waals surface area (Å²) in [6, 6.07) is 34.2. The van der Waals surface area contributed by atoms with Crippen LogP contribution >= 0.6 is 11.6 Å². The number of nitrogens with zero attached hydrogens (tertiary/aromatic N) is 2. The summed E-state index contributed by atoms with van der Waals surface area (Å²) < 4.78 is 5.31. The molecule has 0 aliphatic rings. The highest BCUT2D eigenvalue weighted by Crippen LogP contribution is 2.22. The van der Waals surface area contributed by atoms with Crippen LogP contribution in [0.4, 0.5) is 0 Å². The number of hydrogen-bond donors (Lipinski definition) is 3. The van der Waals surface area contributed by atoms with Gasteiger partial charge in [0.25, 0.3) is 0 Å². The van der Waals surface area contributed by atoms with Crippen molar-refractivity contribution < 1.29 is 20.1 Å². The minimum absolute atomic E-state index is 0.0668. The Hall–Kier alpha value is -3.07. The second kappa shape index (κ2) is 20.8. The van der Waals surface area contributed by atoms with E-state index in [2.05, 4.69) is 135 Å². The summed E-state index contributed by atoms with van der Waals surface area (Å²) in [5.74, 6) is 0.571. The number of ether oxygens (including phenoxy) is 1. The van der Waals surface area contributed by atoms with E-state index < -0.39 is 0 Å². The monoisotopic (exact) mass is 606 g/mol. The zero-order valence-electron chi connectivity index (χ0n) is 25.9. The van der Waals surface area contributed by atoms with E-state index >= 15 is 0 Å². The Balaban J connectivity index is 0.000000269. The van der Waals surface area contributed by atoms with E-state index in [1.165, 1.54) is 33.4 Å². The smallest absolute Gasteiger partial charge is 0.0718 e. The fraction of sp³-hybridized carbons (Fsp3) is 0.333. The van der Waals surface area contributed by atoms with Gasteiger partial charge in [-0.15, -0.1) is 11.6 Å². The van der Waals surface area contributed by atoms with Crippen LogP contribution in [0.5, 0.6) is 0 Å². The Morgan fingerprint density at radius 3 is 1.09 bits per heavy atom. The SMILES string of the molecule is CN(C)Cc1ccc(-c2ccc(CCl)cc2)cc1.CN(C)Cc1ccc(-c2ccc(COCCO)cc2)cc1.OCCO. The molecule has 0 saturated carbocycles. The van der Waals surface area contributed by atoms with E-state index in [1.807, 2.05) is 0 Å². The maximum absolute atomic E-state index is 8.69. The van der Waals surface area contributed by atoms with Crippen LogP contribution in [0, 0.1) is 0 Å². The Morgan fingerprint density at radius 2 is 0.814 bits per heavy atom. The zero-order chi connectivity index (χ0) is 31.5.